The van der Waals surface area contributed by atoms with E-state index in [0.717, 1.165) is 24.2 Å². The lowest BCUT2D eigenvalue weighted by Gasteiger charge is -2.15. The first kappa shape index (κ1) is 16.7. The Labute approximate surface area is 142 Å². The molecule has 128 valence electrons. The Morgan fingerprint density at radius 2 is 2.00 bits per heavy atom. The van der Waals surface area contributed by atoms with Crippen LogP contribution in [-0.4, -0.2) is 33.9 Å². The van der Waals surface area contributed by atoms with Crippen LogP contribution in [0.1, 0.15) is 54.2 Å². The first-order valence-corrected chi connectivity index (χ1v) is 8.50. The SMILES string of the molecule is Cc1ccc(-n2ncc(C(=O)NCC3(CO)CC3)c2C(C)C)cc1. The van der Waals surface area contributed by atoms with Crippen LogP contribution >= 0.6 is 0 Å². The van der Waals surface area contributed by atoms with Gasteiger partial charge in [-0.05, 0) is 37.8 Å². The number of hydrogen-bond donors (Lipinski definition) is 2. The minimum Gasteiger partial charge on any atom is -0.396 e. The van der Waals surface area contributed by atoms with Crippen molar-refractivity contribution in [1.82, 2.24) is 15.1 Å². The molecular formula is C19H25N3O2. The third-order valence-corrected chi connectivity index (χ3v) is 4.79. The molecule has 1 amide bonds. The second-order valence-corrected chi connectivity index (χ2v) is 7.19. The smallest absolute Gasteiger partial charge is 0.254 e. The van der Waals surface area contributed by atoms with E-state index in [4.69, 9.17) is 0 Å². The summed E-state index contributed by atoms with van der Waals surface area (Å²) in [6.07, 6.45) is 3.59. The minimum absolute atomic E-state index is 0.0966. The number of amides is 1. The summed E-state index contributed by atoms with van der Waals surface area (Å²) in [5.41, 5.74) is 3.57. The molecule has 1 aromatic carbocycles. The molecule has 1 aromatic heterocycles. The van der Waals surface area contributed by atoms with Crippen LogP contribution in [0.4, 0.5) is 0 Å². The molecule has 0 unspecified atom stereocenters. The maximum atomic E-state index is 12.6. The van der Waals surface area contributed by atoms with E-state index in [1.165, 1.54) is 5.56 Å². The minimum atomic E-state index is -0.114. The van der Waals surface area contributed by atoms with Gasteiger partial charge in [-0.15, -0.1) is 0 Å². The van der Waals surface area contributed by atoms with Gasteiger partial charge in [-0.2, -0.15) is 5.10 Å². The summed E-state index contributed by atoms with van der Waals surface area (Å²) >= 11 is 0. The molecule has 5 nitrogen and oxygen atoms in total. The van der Waals surface area contributed by atoms with E-state index in [1.807, 2.05) is 35.9 Å². The lowest BCUT2D eigenvalue weighted by Crippen LogP contribution is -2.32. The highest BCUT2D eigenvalue weighted by molar-refractivity contribution is 5.95. The van der Waals surface area contributed by atoms with Gasteiger partial charge in [0.05, 0.1) is 29.7 Å². The Morgan fingerprint density at radius 1 is 1.33 bits per heavy atom. The van der Waals surface area contributed by atoms with E-state index in [0.29, 0.717) is 12.1 Å². The molecule has 1 aliphatic rings. The van der Waals surface area contributed by atoms with Gasteiger partial charge in [-0.1, -0.05) is 31.5 Å². The summed E-state index contributed by atoms with van der Waals surface area (Å²) in [4.78, 5) is 12.6. The van der Waals surface area contributed by atoms with Crippen LogP contribution in [0, 0.1) is 12.3 Å². The van der Waals surface area contributed by atoms with E-state index in [9.17, 15) is 9.90 Å². The fourth-order valence-corrected chi connectivity index (χ4v) is 2.91. The van der Waals surface area contributed by atoms with Gasteiger partial charge in [0.1, 0.15) is 0 Å². The number of hydrogen-bond acceptors (Lipinski definition) is 3. The van der Waals surface area contributed by atoms with E-state index in [1.54, 1.807) is 6.20 Å². The number of benzene rings is 1. The molecule has 1 fully saturated rings. The molecule has 0 radical (unpaired) electrons. The van der Waals surface area contributed by atoms with E-state index >= 15 is 0 Å². The number of carbonyl (C=O) groups is 1. The summed E-state index contributed by atoms with van der Waals surface area (Å²) in [6.45, 7) is 6.83. The number of nitrogens with one attached hydrogen (secondary N) is 1. The van der Waals surface area contributed by atoms with Crippen molar-refractivity contribution in [3.8, 4) is 5.69 Å². The molecule has 1 heterocycles. The molecule has 24 heavy (non-hydrogen) atoms. The maximum absolute atomic E-state index is 12.6. The molecular weight excluding hydrogens is 302 g/mol. The number of aromatic nitrogens is 2. The summed E-state index contributed by atoms with van der Waals surface area (Å²) in [7, 11) is 0. The van der Waals surface area contributed by atoms with E-state index in [2.05, 4.69) is 24.3 Å². The average molecular weight is 327 g/mol. The third kappa shape index (κ3) is 3.22. The monoisotopic (exact) mass is 327 g/mol. The molecule has 1 saturated carbocycles. The summed E-state index contributed by atoms with van der Waals surface area (Å²) in [5.74, 6) is 0.0547. The number of aryl methyl sites for hydroxylation is 1. The summed E-state index contributed by atoms with van der Waals surface area (Å²) < 4.78 is 1.85. The van der Waals surface area contributed by atoms with Crippen molar-refractivity contribution in [2.45, 2.75) is 39.5 Å². The van der Waals surface area contributed by atoms with Crippen LogP contribution in [0.3, 0.4) is 0 Å². The van der Waals surface area contributed by atoms with Crippen LogP contribution in [-0.2, 0) is 0 Å². The van der Waals surface area contributed by atoms with Crippen molar-refractivity contribution in [3.05, 3.63) is 47.3 Å². The fraction of sp³-hybridized carbons (Fsp3) is 0.474. The summed E-state index contributed by atoms with van der Waals surface area (Å²) in [6, 6.07) is 8.11. The van der Waals surface area contributed by atoms with Crippen LogP contribution in [0.25, 0.3) is 5.69 Å². The van der Waals surface area contributed by atoms with Gasteiger partial charge in [0.2, 0.25) is 0 Å². The molecule has 1 aliphatic carbocycles. The van der Waals surface area contributed by atoms with Gasteiger partial charge in [-0.25, -0.2) is 4.68 Å². The van der Waals surface area contributed by atoms with Crippen molar-refractivity contribution in [2.75, 3.05) is 13.2 Å². The Bertz CT molecular complexity index is 728. The van der Waals surface area contributed by atoms with Crippen molar-refractivity contribution < 1.29 is 9.90 Å². The first-order valence-electron chi connectivity index (χ1n) is 8.50. The molecule has 2 N–H and O–H groups in total. The van der Waals surface area contributed by atoms with Crippen molar-refractivity contribution in [3.63, 3.8) is 0 Å². The highest BCUT2D eigenvalue weighted by atomic mass is 16.3. The topological polar surface area (TPSA) is 67.2 Å². The van der Waals surface area contributed by atoms with Crippen LogP contribution < -0.4 is 5.32 Å². The van der Waals surface area contributed by atoms with Crippen molar-refractivity contribution >= 4 is 5.91 Å². The molecule has 0 aliphatic heterocycles. The van der Waals surface area contributed by atoms with Gasteiger partial charge < -0.3 is 10.4 Å². The third-order valence-electron chi connectivity index (χ3n) is 4.79. The average Bonchev–Trinajstić information content (AvgIpc) is 3.22. The quantitative estimate of drug-likeness (QED) is 0.857. The lowest BCUT2D eigenvalue weighted by atomic mass is 10.0. The molecule has 0 atom stereocenters. The highest BCUT2D eigenvalue weighted by Gasteiger charge is 2.42. The number of carbonyl (C=O) groups excluding carboxylic acids is 1. The summed E-state index contributed by atoms with van der Waals surface area (Å²) in [5, 5.41) is 16.8. The Balaban J connectivity index is 1.85. The molecule has 0 spiro atoms. The lowest BCUT2D eigenvalue weighted by molar-refractivity contribution is 0.0934. The predicted molar refractivity (Wildman–Crippen MR) is 93.5 cm³/mol. The van der Waals surface area contributed by atoms with E-state index < -0.39 is 0 Å². The molecule has 0 bridgehead atoms. The van der Waals surface area contributed by atoms with Gasteiger partial charge >= 0.3 is 0 Å². The fourth-order valence-electron chi connectivity index (χ4n) is 2.91. The Morgan fingerprint density at radius 3 is 2.54 bits per heavy atom. The van der Waals surface area contributed by atoms with Crippen LogP contribution in [0.5, 0.6) is 0 Å². The Hall–Kier alpha value is -2.14. The second-order valence-electron chi connectivity index (χ2n) is 7.19. The maximum Gasteiger partial charge on any atom is 0.254 e. The molecule has 3 rings (SSSR count). The van der Waals surface area contributed by atoms with Crippen molar-refractivity contribution in [2.24, 2.45) is 5.41 Å². The van der Waals surface area contributed by atoms with Crippen molar-refractivity contribution in [1.29, 1.82) is 0 Å². The van der Waals surface area contributed by atoms with Gasteiger partial charge in [0.15, 0.2) is 0 Å². The number of aliphatic hydroxyl groups is 1. The van der Waals surface area contributed by atoms with Gasteiger partial charge in [-0.3, -0.25) is 4.79 Å². The second kappa shape index (κ2) is 6.40. The van der Waals surface area contributed by atoms with E-state index in [-0.39, 0.29) is 23.8 Å². The zero-order valence-electron chi connectivity index (χ0n) is 14.5. The zero-order chi connectivity index (χ0) is 17.3. The van der Waals surface area contributed by atoms with Crippen LogP contribution in [0.2, 0.25) is 0 Å². The zero-order valence-corrected chi connectivity index (χ0v) is 14.5. The normalized spacial score (nSPS) is 15.5. The number of aliphatic hydroxyl groups excluding tert-OH is 1. The number of nitrogens with zero attached hydrogens (tertiary/aromatic N) is 2. The standard InChI is InChI=1S/C19H25N3O2/c1-13(2)17-16(18(24)20-11-19(12-23)8-9-19)10-21-22(17)15-6-4-14(3)5-7-15/h4-7,10,13,23H,8-9,11-12H2,1-3H3,(H,20,24). The molecule has 5 heteroatoms. The van der Waals surface area contributed by atoms with Gasteiger partial charge in [0, 0.05) is 12.0 Å². The molecule has 2 aromatic rings. The Kier molecular flexibility index (Phi) is 4.45. The molecule has 0 saturated heterocycles. The largest absolute Gasteiger partial charge is 0.396 e. The number of rotatable bonds is 6. The highest BCUT2D eigenvalue weighted by Crippen LogP contribution is 2.44. The predicted octanol–water partition coefficient (Wildman–Crippen LogP) is 2.81. The van der Waals surface area contributed by atoms with Crippen LogP contribution in [0.15, 0.2) is 30.5 Å². The van der Waals surface area contributed by atoms with Gasteiger partial charge in [0.25, 0.3) is 5.91 Å². The first-order chi connectivity index (χ1) is 11.5.